The van der Waals surface area contributed by atoms with E-state index >= 15 is 0 Å². The first-order valence-corrected chi connectivity index (χ1v) is 9.46. The third kappa shape index (κ3) is 34.6. The second-order valence-corrected chi connectivity index (χ2v) is 5.93. The fourth-order valence-corrected chi connectivity index (χ4v) is 2.09. The summed E-state index contributed by atoms with van der Waals surface area (Å²) in [6.45, 7) is 0.419. The van der Waals surface area contributed by atoms with Crippen molar-refractivity contribution in [3.05, 3.63) is 169 Å². The van der Waals surface area contributed by atoms with Crippen LogP contribution in [0.5, 0.6) is 0 Å². The van der Waals surface area contributed by atoms with Crippen molar-refractivity contribution in [2.45, 2.75) is 26.2 Å². The van der Waals surface area contributed by atoms with Crippen LogP contribution in [0.1, 0.15) is 23.1 Å². The summed E-state index contributed by atoms with van der Waals surface area (Å²) in [4.78, 5) is 0. The molecule has 0 radical (unpaired) electrons. The summed E-state index contributed by atoms with van der Waals surface area (Å²) in [6, 6.07) is 28.6. The van der Waals surface area contributed by atoms with Crippen molar-refractivity contribution in [3.8, 4) is 0 Å². The van der Waals surface area contributed by atoms with Crippen LogP contribution < -0.4 is 0 Å². The molecule has 0 aliphatic heterocycles. The average Bonchev–Trinajstić information content (AvgIpc) is 3.42. The van der Waals surface area contributed by atoms with E-state index in [2.05, 4.69) is 12.2 Å². The third-order valence-corrected chi connectivity index (χ3v) is 3.66. The molecule has 0 spiro atoms. The first-order valence-electron chi connectivity index (χ1n) is 9.46. The largest absolute Gasteiger partial charge is 0.392 e. The quantitative estimate of drug-likeness (QED) is 0.203. The van der Waals surface area contributed by atoms with Crippen LogP contribution in [-0.4, -0.2) is 15.3 Å². The number of hydrogen-bond donors (Lipinski definition) is 3. The Bertz CT molecular complexity index is 700. The minimum atomic E-state index is 0. The zero-order chi connectivity index (χ0) is 21.0. The van der Waals surface area contributed by atoms with Gasteiger partial charge in [0.2, 0.25) is 0 Å². The first-order chi connectivity index (χ1) is 14.3. The first kappa shape index (κ1) is 60.9. The summed E-state index contributed by atoms with van der Waals surface area (Å²) >= 11 is 0. The second-order valence-electron chi connectivity index (χ2n) is 5.93. The van der Waals surface area contributed by atoms with Crippen LogP contribution in [0.25, 0.3) is 0 Å². The summed E-state index contributed by atoms with van der Waals surface area (Å²) in [7, 11) is 0. The molecule has 0 heterocycles. The summed E-state index contributed by atoms with van der Waals surface area (Å²) < 4.78 is 0. The minimum absolute atomic E-state index is 0. The van der Waals surface area contributed by atoms with Gasteiger partial charge in [0, 0.05) is 21.7 Å². The van der Waals surface area contributed by atoms with E-state index in [1.54, 1.807) is 0 Å². The third-order valence-electron chi connectivity index (χ3n) is 3.66. The van der Waals surface area contributed by atoms with Crippen LogP contribution in [0.15, 0.2) is 109 Å². The molecule has 7 heteroatoms. The summed E-state index contributed by atoms with van der Waals surface area (Å²) in [5, 5.41) is 25.6. The fraction of sp³-hybridized carbons (Fsp3) is 0.129. The Kier molecular flexibility index (Phi) is 72.9. The molecule has 0 saturated heterocycles. The molecule has 1 aliphatic carbocycles. The van der Waals surface area contributed by atoms with Gasteiger partial charge in [0.1, 0.15) is 0 Å². The van der Waals surface area contributed by atoms with Crippen LogP contribution in [0.3, 0.4) is 0 Å². The normalized spacial score (nSPS) is 8.08. The van der Waals surface area contributed by atoms with Crippen LogP contribution in [-0.2, 0) is 41.5 Å². The average molecular weight is 622 g/mol. The van der Waals surface area contributed by atoms with Gasteiger partial charge < -0.3 is 52.5 Å². The molecule has 0 bridgehead atoms. The topological polar surface area (TPSA) is 60.7 Å². The maximum Gasteiger partial charge on any atom is 0.0681 e. The zero-order valence-electron chi connectivity index (χ0n) is 23.3. The predicted octanol–water partition coefficient (Wildman–Crippen LogP) is 8.36. The van der Waals surface area contributed by atoms with Crippen LogP contribution in [0.4, 0.5) is 0 Å². The van der Waals surface area contributed by atoms with Crippen LogP contribution >= 0.6 is 37.2 Å². The van der Waals surface area contributed by atoms with Gasteiger partial charge in [-0.1, -0.05) is 91.0 Å². The van der Waals surface area contributed by atoms with E-state index in [0.717, 1.165) is 23.1 Å². The Labute approximate surface area is 268 Å². The zero-order valence-corrected chi connectivity index (χ0v) is 27.3. The van der Waals surface area contributed by atoms with E-state index in [0.29, 0.717) is 0 Å². The van der Waals surface area contributed by atoms with E-state index in [1.165, 1.54) is 0 Å². The van der Waals surface area contributed by atoms with Crippen molar-refractivity contribution >= 4 is 37.2 Å². The van der Waals surface area contributed by atoms with Gasteiger partial charge in [0.15, 0.2) is 0 Å². The maximum atomic E-state index is 8.54. The Morgan fingerprint density at radius 3 is 0.868 bits per heavy atom. The van der Waals surface area contributed by atoms with Gasteiger partial charge >= 0.3 is 0 Å². The summed E-state index contributed by atoms with van der Waals surface area (Å²) in [5.41, 5.74) is 2.90. The molecule has 1 aliphatic rings. The van der Waals surface area contributed by atoms with Crippen LogP contribution in [0.2, 0.25) is 0 Å². The molecule has 3 N–H and O–H groups in total. The van der Waals surface area contributed by atoms with Gasteiger partial charge in [-0.2, -0.15) is 6.08 Å². The Hall–Kier alpha value is -1.40. The van der Waals surface area contributed by atoms with E-state index in [4.69, 9.17) is 15.3 Å². The summed E-state index contributed by atoms with van der Waals surface area (Å²) in [6.07, 6.45) is 10.0. The minimum Gasteiger partial charge on any atom is -0.392 e. The Balaban J connectivity index is -0.0000000394. The molecule has 3 aromatic rings. The second kappa shape index (κ2) is 45.5. The van der Waals surface area contributed by atoms with Crippen molar-refractivity contribution in [1.29, 1.82) is 0 Å². The number of allylic oxidation sites excluding steroid dienone is 4. The molecule has 4 rings (SSSR count). The van der Waals surface area contributed by atoms with Gasteiger partial charge in [-0.3, -0.25) is 6.08 Å². The van der Waals surface area contributed by atoms with Gasteiger partial charge in [-0.05, 0) is 16.7 Å². The summed E-state index contributed by atoms with van der Waals surface area (Å²) in [5.74, 6) is 0. The Morgan fingerprint density at radius 1 is 0.500 bits per heavy atom. The van der Waals surface area contributed by atoms with E-state index in [1.807, 2.05) is 103 Å². The predicted molar refractivity (Wildman–Crippen MR) is 172 cm³/mol. The number of hydrogen-bond acceptors (Lipinski definition) is 3. The molecule has 0 amide bonds. The molecule has 220 valence electrons. The molecule has 0 unspecified atom stereocenters. The van der Waals surface area contributed by atoms with Gasteiger partial charge in [0.25, 0.3) is 0 Å². The van der Waals surface area contributed by atoms with Crippen molar-refractivity contribution in [2.24, 2.45) is 0 Å². The standard InChI is InChI=1S/3C7H8O.C5H5.5CH3.3ClH.Ti/c3*8-6-7-4-2-1-3-5-7;1-2-4-5-3-1;;;;;;;;;/h3*1-5,8H,6H2;1-3H,4H2;5*1H3;3*1H;/q;;;6*-1;;;;. The van der Waals surface area contributed by atoms with E-state index < -0.39 is 0 Å². The molecule has 3 nitrogen and oxygen atoms in total. The van der Waals surface area contributed by atoms with Gasteiger partial charge in [0.05, 0.1) is 19.8 Å². The van der Waals surface area contributed by atoms with Crippen molar-refractivity contribution < 1.29 is 37.0 Å². The molecule has 0 fully saturated rings. The van der Waals surface area contributed by atoms with Gasteiger partial charge in [-0.15, -0.1) is 43.6 Å². The molecule has 0 aromatic heterocycles. The maximum absolute atomic E-state index is 8.54. The smallest absolute Gasteiger partial charge is 0.0681 e. The number of aliphatic hydroxyl groups is 3. The van der Waals surface area contributed by atoms with E-state index in [-0.39, 0.29) is 116 Å². The van der Waals surface area contributed by atoms with Crippen LogP contribution in [0, 0.1) is 43.2 Å². The number of halogens is 3. The monoisotopic (exact) mass is 620 g/mol. The molecule has 3 aromatic carbocycles. The van der Waals surface area contributed by atoms with Crippen molar-refractivity contribution in [1.82, 2.24) is 0 Å². The number of aliphatic hydroxyl groups excluding tert-OH is 3. The SMILES string of the molecule is Cl.Cl.Cl.OCc1ccccc1.OCc1ccccc1.OCc1ccccc1.[C-]1=CC=CC1.[CH3-].[CH3-].[CH3-].[CH3-].[CH3-].[Ti]. The molecule has 0 atom stereocenters. The molecular weight excluding hydrogens is 575 g/mol. The Morgan fingerprint density at radius 2 is 0.763 bits per heavy atom. The van der Waals surface area contributed by atoms with Crippen molar-refractivity contribution in [3.63, 3.8) is 0 Å². The molecular formula is C31H47Cl3O3Ti-6. The van der Waals surface area contributed by atoms with E-state index in [9.17, 15) is 0 Å². The van der Waals surface area contributed by atoms with Crippen molar-refractivity contribution in [2.75, 3.05) is 0 Å². The molecule has 38 heavy (non-hydrogen) atoms. The number of rotatable bonds is 3. The number of benzene rings is 3. The fourth-order valence-electron chi connectivity index (χ4n) is 2.09. The molecule has 0 saturated carbocycles. The van der Waals surface area contributed by atoms with Gasteiger partial charge in [-0.25, -0.2) is 12.2 Å².